The standard InChI is InChI=1S/C37H29N5O/c1-25-10-8-11-26(2)36(25)40-21-20-38-37(40)42-32-15-5-4-14-30(32)31-19-18-29(23-35(31)42)43-28-13-9-12-27(22-28)41-24-39(3)33-16-6-7-17-34(33)41/h4-23H,1-3H3. The monoisotopic (exact) mass is 559 g/mol. The maximum absolute atomic E-state index is 6.51. The molecule has 208 valence electrons. The van der Waals surface area contributed by atoms with Crippen LogP contribution in [0.25, 0.3) is 50.2 Å². The number of hydrogen-bond acceptors (Lipinski definition) is 2. The van der Waals surface area contributed by atoms with Crippen LogP contribution in [0.2, 0.25) is 0 Å². The molecule has 5 aromatic carbocycles. The van der Waals surface area contributed by atoms with Gasteiger partial charge in [0, 0.05) is 29.2 Å². The van der Waals surface area contributed by atoms with E-state index in [1.165, 1.54) is 16.5 Å². The topological polar surface area (TPSA) is 40.8 Å². The Morgan fingerprint density at radius 3 is 2.28 bits per heavy atom. The molecule has 0 N–H and O–H groups in total. The fourth-order valence-corrected chi connectivity index (χ4v) is 6.26. The number of fused-ring (bicyclic) bond motifs is 4. The Labute approximate surface area is 249 Å². The molecule has 0 aliphatic carbocycles. The fourth-order valence-electron chi connectivity index (χ4n) is 6.26. The van der Waals surface area contributed by atoms with Crippen molar-refractivity contribution in [3.63, 3.8) is 0 Å². The molecule has 8 aromatic rings. The predicted octanol–water partition coefficient (Wildman–Crippen LogP) is 7.95. The van der Waals surface area contributed by atoms with Crippen LogP contribution in [0.4, 0.5) is 0 Å². The smallest absolute Gasteiger partial charge is 0.244 e. The third-order valence-corrected chi connectivity index (χ3v) is 8.19. The van der Waals surface area contributed by atoms with E-state index < -0.39 is 0 Å². The van der Waals surface area contributed by atoms with Crippen molar-refractivity contribution < 1.29 is 9.30 Å². The highest BCUT2D eigenvalue weighted by Crippen LogP contribution is 2.36. The largest absolute Gasteiger partial charge is 0.458 e. The highest BCUT2D eigenvalue weighted by atomic mass is 16.5. The first-order chi connectivity index (χ1) is 21.1. The molecule has 6 nitrogen and oxygen atoms in total. The number of ether oxygens (including phenoxy) is 1. The Balaban J connectivity index is 1.25. The van der Waals surface area contributed by atoms with E-state index in [4.69, 9.17) is 9.72 Å². The zero-order valence-corrected chi connectivity index (χ0v) is 24.2. The lowest BCUT2D eigenvalue weighted by Crippen LogP contribution is -2.26. The van der Waals surface area contributed by atoms with Crippen molar-refractivity contribution in [3.05, 3.63) is 139 Å². The zero-order valence-electron chi connectivity index (χ0n) is 24.2. The summed E-state index contributed by atoms with van der Waals surface area (Å²) in [6.07, 6.45) is 7.33. The third kappa shape index (κ3) is 4.02. The first-order valence-corrected chi connectivity index (χ1v) is 14.4. The van der Waals surface area contributed by atoms with Gasteiger partial charge in [-0.15, -0.1) is 0 Å². The molecule has 8 rings (SSSR count). The number of para-hydroxylation sites is 4. The van der Waals surface area contributed by atoms with E-state index in [9.17, 15) is 0 Å². The molecule has 0 saturated heterocycles. The number of rotatable bonds is 5. The molecule has 0 saturated carbocycles. The molecular formula is C37H29N5O. The van der Waals surface area contributed by atoms with Crippen LogP contribution in [0.1, 0.15) is 11.1 Å². The number of aromatic nitrogens is 5. The molecule has 6 heteroatoms. The molecule has 3 heterocycles. The Morgan fingerprint density at radius 2 is 1.42 bits per heavy atom. The Hall–Kier alpha value is -5.62. The van der Waals surface area contributed by atoms with Gasteiger partial charge < -0.3 is 13.9 Å². The maximum Gasteiger partial charge on any atom is 0.244 e. The summed E-state index contributed by atoms with van der Waals surface area (Å²) in [5, 5.41) is 2.32. The van der Waals surface area contributed by atoms with E-state index in [-0.39, 0.29) is 0 Å². The highest BCUT2D eigenvalue weighted by Gasteiger charge is 2.19. The lowest BCUT2D eigenvalue weighted by Gasteiger charge is -2.16. The average Bonchev–Trinajstić information content (AvgIpc) is 3.71. The minimum Gasteiger partial charge on any atom is -0.458 e. The van der Waals surface area contributed by atoms with Crippen LogP contribution in [0.3, 0.4) is 0 Å². The van der Waals surface area contributed by atoms with Crippen molar-refractivity contribution in [3.8, 4) is 28.8 Å². The van der Waals surface area contributed by atoms with Crippen LogP contribution >= 0.6 is 0 Å². The van der Waals surface area contributed by atoms with Crippen LogP contribution in [0.5, 0.6) is 11.5 Å². The summed E-state index contributed by atoms with van der Waals surface area (Å²) in [6.45, 7) is 4.29. The van der Waals surface area contributed by atoms with E-state index in [2.05, 4.69) is 113 Å². The summed E-state index contributed by atoms with van der Waals surface area (Å²) in [6, 6.07) is 37.6. The van der Waals surface area contributed by atoms with Crippen molar-refractivity contribution in [2.24, 2.45) is 7.05 Å². The van der Waals surface area contributed by atoms with E-state index in [0.29, 0.717) is 0 Å². The molecule has 0 bridgehead atoms. The van der Waals surface area contributed by atoms with Gasteiger partial charge in [-0.25, -0.2) is 4.98 Å². The van der Waals surface area contributed by atoms with Gasteiger partial charge in [-0.2, -0.15) is 0 Å². The Bertz CT molecular complexity index is 2300. The summed E-state index contributed by atoms with van der Waals surface area (Å²) >= 11 is 0. The van der Waals surface area contributed by atoms with E-state index in [1.807, 2.05) is 54.3 Å². The summed E-state index contributed by atoms with van der Waals surface area (Å²) in [7, 11) is 2.01. The minimum absolute atomic E-state index is 0.755. The SMILES string of the molecule is Cc1cccc(C)c1-n1ccnc1-n1c2ccccc2c2ccc(Oc3cccc(-n4[c-][n+](C)c5ccccc54)c3)cc21. The second kappa shape index (κ2) is 9.74. The van der Waals surface area contributed by atoms with Gasteiger partial charge in [-0.3, -0.25) is 9.13 Å². The molecule has 3 aromatic heterocycles. The molecule has 0 atom stereocenters. The maximum atomic E-state index is 6.51. The van der Waals surface area contributed by atoms with Gasteiger partial charge >= 0.3 is 0 Å². The molecule has 0 radical (unpaired) electrons. The second-order valence-electron chi connectivity index (χ2n) is 11.0. The minimum atomic E-state index is 0.755. The van der Waals surface area contributed by atoms with Crippen molar-refractivity contribution in [2.45, 2.75) is 13.8 Å². The Morgan fingerprint density at radius 1 is 0.698 bits per heavy atom. The summed E-state index contributed by atoms with van der Waals surface area (Å²) in [5.41, 5.74) is 8.87. The van der Waals surface area contributed by atoms with E-state index in [1.54, 1.807) is 0 Å². The van der Waals surface area contributed by atoms with Crippen LogP contribution < -0.4 is 9.30 Å². The van der Waals surface area contributed by atoms with Gasteiger partial charge in [-0.1, -0.05) is 72.8 Å². The molecule has 0 spiro atoms. The van der Waals surface area contributed by atoms with E-state index in [0.717, 1.165) is 56.3 Å². The first-order valence-electron chi connectivity index (χ1n) is 14.4. The van der Waals surface area contributed by atoms with E-state index >= 15 is 0 Å². The average molecular weight is 560 g/mol. The summed E-state index contributed by atoms with van der Waals surface area (Å²) in [5.74, 6) is 2.35. The summed E-state index contributed by atoms with van der Waals surface area (Å²) in [4.78, 5) is 4.88. The van der Waals surface area contributed by atoms with Crippen LogP contribution in [0.15, 0.2) is 122 Å². The summed E-state index contributed by atoms with van der Waals surface area (Å²) < 4.78 is 15.0. The van der Waals surface area contributed by atoms with Gasteiger partial charge in [0.25, 0.3) is 0 Å². The van der Waals surface area contributed by atoms with Crippen LogP contribution in [-0.2, 0) is 7.05 Å². The number of hydrogen-bond donors (Lipinski definition) is 0. The molecule has 0 aliphatic heterocycles. The molecular weight excluding hydrogens is 530 g/mol. The van der Waals surface area contributed by atoms with Crippen LogP contribution in [0, 0.1) is 20.2 Å². The molecule has 0 aliphatic rings. The lowest BCUT2D eigenvalue weighted by atomic mass is 10.1. The third-order valence-electron chi connectivity index (χ3n) is 8.19. The normalized spacial score (nSPS) is 11.6. The van der Waals surface area contributed by atoms with Gasteiger partial charge in [0.1, 0.15) is 11.5 Å². The number of imidazole rings is 2. The molecule has 43 heavy (non-hydrogen) atoms. The second-order valence-corrected chi connectivity index (χ2v) is 11.0. The number of aryl methyl sites for hydroxylation is 3. The van der Waals surface area contributed by atoms with Gasteiger partial charge in [0.2, 0.25) is 12.3 Å². The molecule has 0 amide bonds. The zero-order chi connectivity index (χ0) is 29.1. The van der Waals surface area contributed by atoms with Crippen molar-refractivity contribution >= 4 is 32.8 Å². The van der Waals surface area contributed by atoms with Crippen molar-refractivity contribution in [2.75, 3.05) is 0 Å². The number of benzene rings is 5. The molecule has 0 fully saturated rings. The highest BCUT2D eigenvalue weighted by molar-refractivity contribution is 6.09. The first kappa shape index (κ1) is 25.1. The lowest BCUT2D eigenvalue weighted by molar-refractivity contribution is -0.649. The fraction of sp³-hybridized carbons (Fsp3) is 0.0811. The van der Waals surface area contributed by atoms with Gasteiger partial charge in [0.05, 0.1) is 40.5 Å². The van der Waals surface area contributed by atoms with Gasteiger partial charge in [-0.05, 0) is 55.3 Å². The van der Waals surface area contributed by atoms with Crippen LogP contribution in [-0.4, -0.2) is 18.7 Å². The van der Waals surface area contributed by atoms with Crippen molar-refractivity contribution in [1.82, 2.24) is 18.7 Å². The van der Waals surface area contributed by atoms with Gasteiger partial charge in [0.15, 0.2) is 0 Å². The quantitative estimate of drug-likeness (QED) is 0.159. The predicted molar refractivity (Wildman–Crippen MR) is 171 cm³/mol. The molecule has 0 unspecified atom stereocenters. The van der Waals surface area contributed by atoms with Crippen molar-refractivity contribution in [1.29, 1.82) is 0 Å². The Kier molecular flexibility index (Phi) is 5.69. The number of nitrogens with zero attached hydrogens (tertiary/aromatic N) is 5.